The lowest BCUT2D eigenvalue weighted by molar-refractivity contribution is -0.138. The summed E-state index contributed by atoms with van der Waals surface area (Å²) >= 11 is 0. The first-order valence-electron chi connectivity index (χ1n) is 6.05. The molecule has 6 nitrogen and oxygen atoms in total. The Morgan fingerprint density at radius 3 is 2.90 bits per heavy atom. The molecule has 0 bridgehead atoms. The summed E-state index contributed by atoms with van der Waals surface area (Å²) in [6.07, 6.45) is 0.915. The van der Waals surface area contributed by atoms with Crippen molar-refractivity contribution in [3.63, 3.8) is 0 Å². The molecule has 1 heterocycles. The number of nitrogens with zero attached hydrogens (tertiary/aromatic N) is 1. The maximum absolute atomic E-state index is 12.0. The predicted octanol–water partition coefficient (Wildman–Crippen LogP) is 1.83. The van der Waals surface area contributed by atoms with Crippen molar-refractivity contribution < 1.29 is 24.2 Å². The maximum Gasteiger partial charge on any atom is 0.415 e. The zero-order valence-electron chi connectivity index (χ0n) is 11.0. The number of methoxy groups -OCH3 is 1. The number of aliphatic carboxylic acids is 1. The van der Waals surface area contributed by atoms with Gasteiger partial charge < -0.3 is 14.6 Å². The number of fused-ring (bicyclic) bond motifs is 1. The minimum Gasteiger partial charge on any atom is -0.496 e. The Kier molecular flexibility index (Phi) is 3.93. The number of rotatable bonds is 4. The van der Waals surface area contributed by atoms with Crippen LogP contribution in [-0.4, -0.2) is 36.9 Å². The first kappa shape index (κ1) is 13.9. The smallest absolute Gasteiger partial charge is 0.415 e. The number of hydrogen-bond donors (Lipinski definition) is 1. The number of amides is 1. The highest BCUT2D eigenvalue weighted by Gasteiger charge is 2.40. The summed E-state index contributed by atoms with van der Waals surface area (Å²) in [5.74, 6) is -0.522. The van der Waals surface area contributed by atoms with Crippen molar-refractivity contribution in [2.75, 3.05) is 18.6 Å². The van der Waals surface area contributed by atoms with Crippen molar-refractivity contribution in [3.05, 3.63) is 36.4 Å². The predicted molar refractivity (Wildman–Crippen MR) is 72.1 cm³/mol. The lowest BCUT2D eigenvalue weighted by atomic mass is 10.1. The van der Waals surface area contributed by atoms with Crippen LogP contribution in [-0.2, 0) is 16.0 Å². The van der Waals surface area contributed by atoms with E-state index in [-0.39, 0.29) is 13.0 Å². The molecule has 0 aliphatic carbocycles. The van der Waals surface area contributed by atoms with Crippen molar-refractivity contribution in [2.24, 2.45) is 0 Å². The van der Waals surface area contributed by atoms with Crippen molar-refractivity contribution in [2.45, 2.75) is 12.5 Å². The molecule has 0 spiro atoms. The van der Waals surface area contributed by atoms with Crippen LogP contribution in [0.4, 0.5) is 10.5 Å². The molecule has 106 valence electrons. The molecular weight excluding hydrogens is 262 g/mol. The maximum atomic E-state index is 12.0. The Bertz CT molecular complexity index is 554. The third-order valence-corrected chi connectivity index (χ3v) is 3.10. The molecule has 2 rings (SSSR count). The van der Waals surface area contributed by atoms with Gasteiger partial charge in [-0.3, -0.25) is 4.90 Å². The van der Waals surface area contributed by atoms with Gasteiger partial charge in [-0.05, 0) is 12.1 Å². The van der Waals surface area contributed by atoms with Gasteiger partial charge in [0.05, 0.1) is 12.8 Å². The molecule has 1 atom stereocenters. The molecule has 1 unspecified atom stereocenters. The van der Waals surface area contributed by atoms with E-state index in [9.17, 15) is 14.7 Å². The van der Waals surface area contributed by atoms with Gasteiger partial charge in [0.25, 0.3) is 0 Å². The average molecular weight is 277 g/mol. The van der Waals surface area contributed by atoms with E-state index in [0.29, 0.717) is 17.0 Å². The first-order valence-corrected chi connectivity index (χ1v) is 6.05. The monoisotopic (exact) mass is 277 g/mol. The molecule has 1 aliphatic rings. The second kappa shape index (κ2) is 5.64. The number of benzene rings is 1. The number of carboxylic acid groups (broad SMARTS) is 1. The van der Waals surface area contributed by atoms with E-state index >= 15 is 0 Å². The standard InChI is InChI=1S/C14H15NO5/c1-3-7-20-14(18)15-10-5-4-6-12(19-2)9(10)8-11(15)13(16)17/h3-6,11H,1,7-8H2,2H3,(H,16,17). The van der Waals surface area contributed by atoms with Crippen LogP contribution >= 0.6 is 0 Å². The van der Waals surface area contributed by atoms with Crippen LogP contribution in [0.15, 0.2) is 30.9 Å². The quantitative estimate of drug-likeness (QED) is 0.850. The van der Waals surface area contributed by atoms with E-state index in [1.54, 1.807) is 18.2 Å². The van der Waals surface area contributed by atoms with E-state index in [4.69, 9.17) is 9.47 Å². The van der Waals surface area contributed by atoms with Gasteiger partial charge in [0.1, 0.15) is 18.4 Å². The third-order valence-electron chi connectivity index (χ3n) is 3.10. The van der Waals surface area contributed by atoms with Crippen molar-refractivity contribution in [3.8, 4) is 5.75 Å². The lowest BCUT2D eigenvalue weighted by Gasteiger charge is -2.21. The Morgan fingerprint density at radius 1 is 1.55 bits per heavy atom. The van der Waals surface area contributed by atoms with Gasteiger partial charge in [-0.2, -0.15) is 0 Å². The van der Waals surface area contributed by atoms with E-state index in [1.165, 1.54) is 13.2 Å². The molecule has 6 heteroatoms. The number of carbonyl (C=O) groups is 2. The molecule has 0 saturated heterocycles. The van der Waals surface area contributed by atoms with E-state index in [2.05, 4.69) is 6.58 Å². The average Bonchev–Trinajstić information content (AvgIpc) is 2.84. The Hall–Kier alpha value is -2.50. The summed E-state index contributed by atoms with van der Waals surface area (Å²) in [7, 11) is 1.50. The molecule has 0 radical (unpaired) electrons. The van der Waals surface area contributed by atoms with Crippen LogP contribution in [0.5, 0.6) is 5.75 Å². The summed E-state index contributed by atoms with van der Waals surface area (Å²) in [6.45, 7) is 3.48. The first-order chi connectivity index (χ1) is 9.60. The van der Waals surface area contributed by atoms with Gasteiger partial charge in [0.15, 0.2) is 0 Å². The molecule has 1 aromatic carbocycles. The second-order valence-corrected chi connectivity index (χ2v) is 4.25. The highest BCUT2D eigenvalue weighted by atomic mass is 16.6. The van der Waals surface area contributed by atoms with E-state index in [1.807, 2.05) is 0 Å². The summed E-state index contributed by atoms with van der Waals surface area (Å²) in [5, 5.41) is 9.28. The number of carboxylic acids is 1. The highest BCUT2D eigenvalue weighted by Crippen LogP contribution is 2.38. The van der Waals surface area contributed by atoms with Crippen LogP contribution in [0.2, 0.25) is 0 Å². The molecule has 0 saturated carbocycles. The third kappa shape index (κ3) is 2.32. The number of carbonyl (C=O) groups excluding carboxylic acids is 1. The fraction of sp³-hybridized carbons (Fsp3) is 0.286. The minimum absolute atomic E-state index is 0.0287. The Balaban J connectivity index is 2.40. The van der Waals surface area contributed by atoms with Crippen LogP contribution in [0.1, 0.15) is 5.56 Å². The van der Waals surface area contributed by atoms with Gasteiger partial charge in [0, 0.05) is 12.0 Å². The van der Waals surface area contributed by atoms with Gasteiger partial charge in [-0.1, -0.05) is 18.7 Å². The van der Waals surface area contributed by atoms with Crippen molar-refractivity contribution in [1.82, 2.24) is 0 Å². The fourth-order valence-electron chi connectivity index (χ4n) is 2.25. The fourth-order valence-corrected chi connectivity index (χ4v) is 2.25. The number of anilines is 1. The summed E-state index contributed by atoms with van der Waals surface area (Å²) in [6, 6.07) is 4.13. The van der Waals surface area contributed by atoms with Crippen LogP contribution in [0, 0.1) is 0 Å². The van der Waals surface area contributed by atoms with Gasteiger partial charge in [-0.25, -0.2) is 9.59 Å². The number of ether oxygens (including phenoxy) is 2. The largest absolute Gasteiger partial charge is 0.496 e. The molecule has 1 aromatic rings. The molecule has 0 aromatic heterocycles. The topological polar surface area (TPSA) is 76.1 Å². The molecule has 0 fully saturated rings. The summed E-state index contributed by atoms with van der Waals surface area (Å²) in [5.41, 5.74) is 1.20. The normalized spacial score (nSPS) is 16.4. The zero-order chi connectivity index (χ0) is 14.7. The summed E-state index contributed by atoms with van der Waals surface area (Å²) in [4.78, 5) is 24.5. The zero-order valence-corrected chi connectivity index (χ0v) is 11.0. The second-order valence-electron chi connectivity index (χ2n) is 4.25. The van der Waals surface area contributed by atoms with Gasteiger partial charge in [0.2, 0.25) is 0 Å². The SMILES string of the molecule is C=CCOC(=O)N1c2cccc(OC)c2CC1C(=O)O. The van der Waals surface area contributed by atoms with Crippen molar-refractivity contribution in [1.29, 1.82) is 0 Å². The Morgan fingerprint density at radius 2 is 2.30 bits per heavy atom. The minimum atomic E-state index is -1.08. The molecular formula is C14H15NO5. The lowest BCUT2D eigenvalue weighted by Crippen LogP contribution is -2.43. The molecule has 20 heavy (non-hydrogen) atoms. The summed E-state index contributed by atoms with van der Waals surface area (Å²) < 4.78 is 10.2. The highest BCUT2D eigenvalue weighted by molar-refractivity contribution is 5.99. The van der Waals surface area contributed by atoms with Crippen LogP contribution < -0.4 is 9.64 Å². The van der Waals surface area contributed by atoms with E-state index < -0.39 is 18.1 Å². The number of hydrogen-bond acceptors (Lipinski definition) is 4. The van der Waals surface area contributed by atoms with Gasteiger partial charge in [-0.15, -0.1) is 0 Å². The molecule has 1 amide bonds. The van der Waals surface area contributed by atoms with Crippen LogP contribution in [0.3, 0.4) is 0 Å². The van der Waals surface area contributed by atoms with E-state index in [0.717, 1.165) is 4.90 Å². The van der Waals surface area contributed by atoms with Crippen LogP contribution in [0.25, 0.3) is 0 Å². The molecule has 1 aliphatic heterocycles. The van der Waals surface area contributed by atoms with Gasteiger partial charge >= 0.3 is 12.1 Å². The molecule has 1 N–H and O–H groups in total. The van der Waals surface area contributed by atoms with Crippen molar-refractivity contribution >= 4 is 17.7 Å². The Labute approximate surface area is 116 Å².